The molecule has 0 radical (unpaired) electrons. The molecule has 4 saturated carbocycles. The van der Waals surface area contributed by atoms with Crippen molar-refractivity contribution in [2.45, 2.75) is 259 Å². The molecule has 13 N–H and O–H groups in total. The van der Waals surface area contributed by atoms with Crippen LogP contribution < -0.4 is 0 Å². The molecule has 10 fully saturated rings. The molecule has 2 bridgehead atoms. The van der Waals surface area contributed by atoms with Crippen LogP contribution in [0, 0.1) is 51.2 Å². The lowest BCUT2D eigenvalue weighted by Crippen LogP contribution is -2.68. The Hall–Kier alpha value is -2.26. The zero-order chi connectivity index (χ0) is 68.9. The van der Waals surface area contributed by atoms with Crippen molar-refractivity contribution in [1.29, 1.82) is 0 Å². The van der Waals surface area contributed by atoms with Gasteiger partial charge in [0.1, 0.15) is 115 Å². The zero-order valence-corrected chi connectivity index (χ0v) is 55.0. The molecular formula is C59H92O33S2. The molecule has 0 aromatic heterocycles. The summed E-state index contributed by atoms with van der Waals surface area (Å²) in [6.07, 6.45) is -39.1. The third-order valence-corrected chi connectivity index (χ3v) is 24.0. The molecule has 11 aliphatic rings. The molecule has 5 aliphatic carbocycles. The van der Waals surface area contributed by atoms with Gasteiger partial charge >= 0.3 is 26.8 Å². The number of carbonyl (C=O) groups is 2. The first-order valence-electron chi connectivity index (χ1n) is 31.9. The Balaban J connectivity index is 0.859. The standard InChI is InChI=1S/C59H92O33S2/c1-22(2)33(62)26-16-57(8,72)52-58-15-12-24-25(56(58,7)21-59(26,52)91-53(58)71)10-11-31-54(4,5)32(13-14-55(24,31)6)86-50-45(37(66)30(19-81-50)92-94(76,77)78)90-51-46(89-47-38(67)35(64)27(61)18-80-47)39(68)42(28(17-60)84-51)87-48-41(70)44(34(63)23(3)83-48)88-49-40(69)43(79-9)36(65)29(85-49)20-82-93(73,74)75/h10,22-24,26-32,34-52,60-61,63-70,72H,11-21H2,1-9H3,(H,73,74,75)(H,76,77,78)/t23-,24-,26-,27-,28-,29-,30-,31+,32+,34-,35+,36-,37+,38-,39+,40-,41-,42-,43+,44+,45-,46-,47+,48+,49+,50+,51+,52-,55-,56+,57+,58+,59-/m1/s1. The van der Waals surface area contributed by atoms with E-state index in [1.165, 1.54) is 6.92 Å². The summed E-state index contributed by atoms with van der Waals surface area (Å²) in [5.74, 6) is -2.27. The number of Topliss-reactive ketones (excluding diaryl/α,β-unsaturated/α-hetero) is 1. The Morgan fingerprint density at radius 3 is 1.95 bits per heavy atom. The highest BCUT2D eigenvalue weighted by molar-refractivity contribution is 7.81. The second-order valence-corrected chi connectivity index (χ2v) is 31.3. The van der Waals surface area contributed by atoms with Crippen LogP contribution >= 0.6 is 0 Å². The average molecular weight is 1390 g/mol. The van der Waals surface area contributed by atoms with Crippen LogP contribution in [0.1, 0.15) is 100 Å². The number of ketones is 1. The van der Waals surface area contributed by atoms with E-state index in [1.807, 2.05) is 27.7 Å². The highest BCUT2D eigenvalue weighted by Crippen LogP contribution is 2.82. The molecule has 11 rings (SSSR count). The van der Waals surface area contributed by atoms with E-state index in [4.69, 9.17) is 61.0 Å². The Labute approximate surface area is 542 Å². The van der Waals surface area contributed by atoms with Crippen molar-refractivity contribution in [2.24, 2.45) is 51.2 Å². The predicted octanol–water partition coefficient (Wildman–Crippen LogP) is -3.43. The fourth-order valence-electron chi connectivity index (χ4n) is 18.8. The largest absolute Gasteiger partial charge is 0.457 e. The van der Waals surface area contributed by atoms with Gasteiger partial charge in [-0.1, -0.05) is 53.2 Å². The monoisotopic (exact) mass is 1390 g/mol. The molecule has 0 aromatic carbocycles. The number of methoxy groups -OCH3 is 1. The Bertz CT molecular complexity index is 3050. The summed E-state index contributed by atoms with van der Waals surface area (Å²) in [4.78, 5) is 28.6. The molecular weight excluding hydrogens is 1300 g/mol. The fraction of sp³-hybridized carbons (Fsp3) is 0.932. The first kappa shape index (κ1) is 73.0. The van der Waals surface area contributed by atoms with E-state index in [1.54, 1.807) is 6.92 Å². The van der Waals surface area contributed by atoms with E-state index in [2.05, 4.69) is 24.1 Å². The highest BCUT2D eigenvalue weighted by Gasteiger charge is 2.88. The summed E-state index contributed by atoms with van der Waals surface area (Å²) >= 11 is 0. The highest BCUT2D eigenvalue weighted by atomic mass is 32.3. The van der Waals surface area contributed by atoms with Gasteiger partial charge in [0.15, 0.2) is 31.5 Å². The van der Waals surface area contributed by atoms with Crippen molar-refractivity contribution in [3.63, 3.8) is 0 Å². The van der Waals surface area contributed by atoms with Crippen LogP contribution in [-0.2, 0) is 95.6 Å². The van der Waals surface area contributed by atoms with Crippen LogP contribution in [0.15, 0.2) is 11.6 Å². The van der Waals surface area contributed by atoms with Crippen LogP contribution in [0.5, 0.6) is 0 Å². The second kappa shape index (κ2) is 26.0. The van der Waals surface area contributed by atoms with Gasteiger partial charge in [0, 0.05) is 24.4 Å². The van der Waals surface area contributed by atoms with E-state index < -0.39 is 239 Å². The average Bonchev–Trinajstić information content (AvgIpc) is 1.46. The van der Waals surface area contributed by atoms with Gasteiger partial charge in [-0.2, -0.15) is 16.8 Å². The van der Waals surface area contributed by atoms with Crippen LogP contribution in [0.3, 0.4) is 0 Å². The molecule has 35 heteroatoms. The number of ether oxygens (including phenoxy) is 12. The van der Waals surface area contributed by atoms with Crippen molar-refractivity contribution < 1.29 is 157 Å². The first-order chi connectivity index (χ1) is 43.7. The molecule has 6 saturated heterocycles. The molecule has 6 aliphatic heterocycles. The molecule has 33 nitrogen and oxygen atoms in total. The van der Waals surface area contributed by atoms with Gasteiger partial charge < -0.3 is 113 Å². The minimum absolute atomic E-state index is 0.0524. The predicted molar refractivity (Wildman–Crippen MR) is 307 cm³/mol. The number of hydrogen-bond donors (Lipinski definition) is 13. The van der Waals surface area contributed by atoms with Crippen molar-refractivity contribution in [1.82, 2.24) is 0 Å². The smallest absolute Gasteiger partial charge is 0.397 e. The van der Waals surface area contributed by atoms with Gasteiger partial charge in [0.2, 0.25) is 0 Å². The summed E-state index contributed by atoms with van der Waals surface area (Å²) in [5, 5.41) is 125. The topological polar surface area (TPSA) is 495 Å². The lowest BCUT2D eigenvalue weighted by atomic mass is 9.40. The molecule has 33 atom stereocenters. The van der Waals surface area contributed by atoms with Gasteiger partial charge in [-0.25, -0.2) is 8.37 Å². The van der Waals surface area contributed by atoms with Crippen molar-refractivity contribution in [2.75, 3.05) is 33.5 Å². The molecule has 538 valence electrons. The maximum absolute atomic E-state index is 14.6. The zero-order valence-electron chi connectivity index (χ0n) is 53.4. The molecule has 0 aromatic rings. The number of rotatable bonds is 19. The molecule has 6 heterocycles. The molecule has 0 amide bonds. The van der Waals surface area contributed by atoms with Crippen LogP contribution in [0.4, 0.5) is 0 Å². The Morgan fingerprint density at radius 1 is 0.681 bits per heavy atom. The van der Waals surface area contributed by atoms with E-state index in [0.717, 1.165) is 12.7 Å². The summed E-state index contributed by atoms with van der Waals surface area (Å²) in [6, 6.07) is 0. The number of aliphatic hydroxyl groups is 11. The van der Waals surface area contributed by atoms with Gasteiger partial charge in [0.25, 0.3) is 0 Å². The Morgan fingerprint density at radius 2 is 1.30 bits per heavy atom. The first-order valence-corrected chi connectivity index (χ1v) is 34.7. The lowest BCUT2D eigenvalue weighted by Gasteiger charge is -2.64. The van der Waals surface area contributed by atoms with Crippen LogP contribution in [0.25, 0.3) is 0 Å². The summed E-state index contributed by atoms with van der Waals surface area (Å²) in [5.41, 5.74) is -4.47. The van der Waals surface area contributed by atoms with Gasteiger partial charge in [-0.15, -0.1) is 0 Å². The van der Waals surface area contributed by atoms with Gasteiger partial charge in [-0.3, -0.25) is 18.7 Å². The Kier molecular flexibility index (Phi) is 20.2. The summed E-state index contributed by atoms with van der Waals surface area (Å²) in [7, 11) is -9.35. The number of hydrogen-bond acceptors (Lipinski definition) is 31. The number of esters is 1. The minimum Gasteiger partial charge on any atom is -0.457 e. The van der Waals surface area contributed by atoms with Crippen molar-refractivity contribution >= 4 is 32.6 Å². The summed E-state index contributed by atoms with van der Waals surface area (Å²) < 4.78 is 148. The quantitative estimate of drug-likeness (QED) is 0.0340. The number of aliphatic hydroxyl groups excluding tert-OH is 10. The van der Waals surface area contributed by atoms with Crippen molar-refractivity contribution in [3.8, 4) is 0 Å². The lowest BCUT2D eigenvalue weighted by molar-refractivity contribution is -0.404. The van der Waals surface area contributed by atoms with Crippen LogP contribution in [-0.4, -0.2) is 286 Å². The van der Waals surface area contributed by atoms with E-state index in [-0.39, 0.29) is 35.9 Å². The fourth-order valence-corrected chi connectivity index (χ4v) is 19.6. The second-order valence-electron chi connectivity index (χ2n) is 29.2. The third kappa shape index (κ3) is 12.2. The van der Waals surface area contributed by atoms with E-state index in [0.29, 0.717) is 38.5 Å². The number of fused-ring (bicyclic) bond motifs is 4. The maximum Gasteiger partial charge on any atom is 0.397 e. The van der Waals surface area contributed by atoms with Gasteiger partial charge in [-0.05, 0) is 81.5 Å². The number of carbonyl (C=O) groups excluding carboxylic acids is 2. The summed E-state index contributed by atoms with van der Waals surface area (Å²) in [6.45, 7) is 11.5. The van der Waals surface area contributed by atoms with Gasteiger partial charge in [0.05, 0.1) is 55.6 Å². The minimum atomic E-state index is -5.33. The van der Waals surface area contributed by atoms with E-state index in [9.17, 15) is 91.7 Å². The van der Waals surface area contributed by atoms with Crippen molar-refractivity contribution in [3.05, 3.63) is 11.6 Å². The molecule has 0 unspecified atom stereocenters. The SMILES string of the molecule is CO[C@@H]1[C@@H](O)[C@H](O[C@@H]2[C@@H](O)[C@H](O[C@H]3[C@H](O)[C@@H](O[C@@H]4OC[C@@H](O)[C@H](O)[C@H]4O)[C@H](O[C@H]4[C@H](O[C@H]5CC[C@]6(C)[C@@H]7CC[C@]89C(=O)O[C@]%10(C[C@@]8(C)C7=CC[C@H]6C5(C)C)[C@@H](C(=O)C(C)C)C[C@](C)(O)[C@@H]%109)OC[C@@H](OS(=O)(=O)O)[C@@H]4O)O[C@@H]3CO)O[C@H](C)[C@H]2O)O[C@H](COS(=O)(=O)O)[C@H]1O. The maximum atomic E-state index is 14.6. The molecule has 94 heavy (non-hydrogen) atoms. The normalized spacial score (nSPS) is 51.7. The third-order valence-electron chi connectivity index (χ3n) is 23.1. The molecule has 1 spiro atoms. The van der Waals surface area contributed by atoms with E-state index >= 15 is 0 Å². The number of allylic oxidation sites excluding steroid dienone is 2. The van der Waals surface area contributed by atoms with Crippen LogP contribution in [0.2, 0.25) is 0 Å².